The second-order valence-corrected chi connectivity index (χ2v) is 5.77. The summed E-state index contributed by atoms with van der Waals surface area (Å²) in [7, 11) is 2.06. The van der Waals surface area contributed by atoms with E-state index in [1.54, 1.807) is 12.1 Å². The second-order valence-electron chi connectivity index (χ2n) is 4.96. The molecule has 0 unspecified atom stereocenters. The molecule has 1 saturated heterocycles. The smallest absolute Gasteiger partial charge is 0.356 e. The minimum Gasteiger partial charge on any atom is -0.508 e. The predicted octanol–water partition coefficient (Wildman–Crippen LogP) is 1.45. The molecule has 0 atom stereocenters. The summed E-state index contributed by atoms with van der Waals surface area (Å²) >= 11 is 1.11. The zero-order valence-electron chi connectivity index (χ0n) is 11.0. The van der Waals surface area contributed by atoms with Crippen LogP contribution in [-0.4, -0.2) is 58.7 Å². The molecule has 2 aromatic rings. The number of phenolic OH excluding ortho intramolecular Hbond substituents is 1. The van der Waals surface area contributed by atoms with E-state index in [0.717, 1.165) is 43.4 Å². The van der Waals surface area contributed by atoms with E-state index in [-0.39, 0.29) is 11.4 Å². The lowest BCUT2D eigenvalue weighted by atomic mass is 10.1. The third kappa shape index (κ3) is 2.19. The molecule has 1 aliphatic heterocycles. The van der Waals surface area contributed by atoms with Gasteiger partial charge >= 0.3 is 5.97 Å². The van der Waals surface area contributed by atoms with Crippen molar-refractivity contribution in [3.63, 3.8) is 0 Å². The lowest BCUT2D eigenvalue weighted by molar-refractivity contribution is 0.0694. The van der Waals surface area contributed by atoms with Crippen molar-refractivity contribution in [1.29, 1.82) is 0 Å². The normalized spacial score (nSPS) is 16.8. The van der Waals surface area contributed by atoms with Gasteiger partial charge < -0.3 is 20.0 Å². The number of aromatic hydroxyl groups is 1. The first kappa shape index (κ1) is 13.1. The Labute approximate surface area is 120 Å². The molecule has 0 bridgehead atoms. The third-order valence-electron chi connectivity index (χ3n) is 3.58. The van der Waals surface area contributed by atoms with Crippen molar-refractivity contribution >= 4 is 33.3 Å². The first-order valence-corrected chi connectivity index (χ1v) is 7.13. The summed E-state index contributed by atoms with van der Waals surface area (Å²) in [4.78, 5) is 15.6. The van der Waals surface area contributed by atoms with Gasteiger partial charge in [0, 0.05) is 32.2 Å². The number of fused-ring (bicyclic) bond motifs is 1. The van der Waals surface area contributed by atoms with Crippen LogP contribution in [0.25, 0.3) is 10.1 Å². The number of likely N-dealkylation sites (N-methyl/N-ethyl adjacent to an activating group) is 1. The monoisotopic (exact) mass is 293 g/mol. The average Bonchev–Trinajstić information content (AvgIpc) is 2.82. The maximum Gasteiger partial charge on any atom is 0.356 e. The molecule has 0 radical (unpaired) electrons. The quantitative estimate of drug-likeness (QED) is 0.873. The molecule has 0 saturated carbocycles. The number of aromatic carboxylic acids is 1. The van der Waals surface area contributed by atoms with Crippen LogP contribution in [0.5, 0.6) is 5.75 Å². The number of benzene rings is 1. The number of hydrogen-bond acceptors (Lipinski definition) is 6. The summed E-state index contributed by atoms with van der Waals surface area (Å²) in [6, 6.07) is 3.20. The Kier molecular flexibility index (Phi) is 3.23. The summed E-state index contributed by atoms with van der Waals surface area (Å²) in [6.07, 6.45) is 0. The molecular formula is C13H15N3O3S. The Morgan fingerprint density at radius 3 is 2.65 bits per heavy atom. The van der Waals surface area contributed by atoms with Gasteiger partial charge in [-0.25, -0.2) is 4.79 Å². The summed E-state index contributed by atoms with van der Waals surface area (Å²) in [6.45, 7) is 3.45. The lowest BCUT2D eigenvalue weighted by Gasteiger charge is -2.34. The molecule has 106 valence electrons. The van der Waals surface area contributed by atoms with Crippen LogP contribution in [0.3, 0.4) is 0 Å². The van der Waals surface area contributed by atoms with Crippen LogP contribution in [0.1, 0.15) is 10.5 Å². The van der Waals surface area contributed by atoms with E-state index in [9.17, 15) is 15.0 Å². The highest BCUT2D eigenvalue weighted by Gasteiger charge is 2.23. The fourth-order valence-electron chi connectivity index (χ4n) is 2.48. The minimum absolute atomic E-state index is 0.0685. The highest BCUT2D eigenvalue weighted by molar-refractivity contribution is 7.13. The number of carboxylic acids is 1. The first-order valence-electron chi connectivity index (χ1n) is 6.35. The van der Waals surface area contributed by atoms with Crippen molar-refractivity contribution < 1.29 is 15.0 Å². The second kappa shape index (κ2) is 4.92. The SMILES string of the molecule is CN1CCN(c2cc(O)cc3snc(C(=O)O)c23)CC1. The zero-order valence-corrected chi connectivity index (χ0v) is 11.9. The Morgan fingerprint density at radius 1 is 1.30 bits per heavy atom. The lowest BCUT2D eigenvalue weighted by Crippen LogP contribution is -2.44. The largest absolute Gasteiger partial charge is 0.508 e. The molecule has 2 heterocycles. The summed E-state index contributed by atoms with van der Waals surface area (Å²) in [5.41, 5.74) is 0.832. The Bertz CT molecular complexity index is 662. The Hall–Kier alpha value is -1.86. The predicted molar refractivity (Wildman–Crippen MR) is 78.0 cm³/mol. The van der Waals surface area contributed by atoms with E-state index >= 15 is 0 Å². The fraction of sp³-hybridized carbons (Fsp3) is 0.385. The van der Waals surface area contributed by atoms with Gasteiger partial charge in [0.05, 0.1) is 15.8 Å². The summed E-state index contributed by atoms with van der Waals surface area (Å²) in [5.74, 6) is -0.885. The van der Waals surface area contributed by atoms with Gasteiger partial charge in [-0.05, 0) is 24.6 Å². The van der Waals surface area contributed by atoms with Gasteiger partial charge in [0.1, 0.15) is 5.75 Å². The highest BCUT2D eigenvalue weighted by Crippen LogP contribution is 2.36. The number of anilines is 1. The van der Waals surface area contributed by atoms with Crippen molar-refractivity contribution in [2.45, 2.75) is 0 Å². The number of nitrogens with zero attached hydrogens (tertiary/aromatic N) is 3. The van der Waals surface area contributed by atoms with E-state index in [1.165, 1.54) is 0 Å². The van der Waals surface area contributed by atoms with Gasteiger partial charge in [-0.1, -0.05) is 0 Å². The van der Waals surface area contributed by atoms with Crippen LogP contribution < -0.4 is 4.90 Å². The maximum absolute atomic E-state index is 11.3. The Balaban J connectivity index is 2.12. The van der Waals surface area contributed by atoms with Crippen molar-refractivity contribution in [1.82, 2.24) is 9.27 Å². The van der Waals surface area contributed by atoms with Gasteiger partial charge in [0.25, 0.3) is 0 Å². The fourth-order valence-corrected chi connectivity index (χ4v) is 3.30. The molecule has 1 aromatic heterocycles. The van der Waals surface area contributed by atoms with Crippen LogP contribution in [0.15, 0.2) is 12.1 Å². The number of phenols is 1. The topological polar surface area (TPSA) is 76.9 Å². The van der Waals surface area contributed by atoms with Crippen molar-refractivity contribution in [3.8, 4) is 5.75 Å². The molecular weight excluding hydrogens is 278 g/mol. The summed E-state index contributed by atoms with van der Waals surface area (Å²) in [5, 5.41) is 19.7. The number of carboxylic acid groups (broad SMARTS) is 1. The summed E-state index contributed by atoms with van der Waals surface area (Å²) < 4.78 is 4.71. The molecule has 1 aliphatic rings. The number of carbonyl (C=O) groups is 1. The molecule has 0 aliphatic carbocycles. The molecule has 0 spiro atoms. The van der Waals surface area contributed by atoms with Crippen LogP contribution in [0.4, 0.5) is 5.69 Å². The number of rotatable bonds is 2. The van der Waals surface area contributed by atoms with E-state index < -0.39 is 5.97 Å². The van der Waals surface area contributed by atoms with Crippen molar-refractivity contribution in [2.24, 2.45) is 0 Å². The van der Waals surface area contributed by atoms with Crippen molar-refractivity contribution in [2.75, 3.05) is 38.1 Å². The standard InChI is InChI=1S/C13H15N3O3S/c1-15-2-4-16(5-3-15)9-6-8(17)7-10-11(9)12(13(18)19)14-20-10/h6-7,17H,2-5H2,1H3,(H,18,19). The van der Waals surface area contributed by atoms with Gasteiger partial charge in [0.2, 0.25) is 0 Å². The van der Waals surface area contributed by atoms with E-state index in [4.69, 9.17) is 0 Å². The van der Waals surface area contributed by atoms with Crippen LogP contribution in [-0.2, 0) is 0 Å². The number of hydrogen-bond donors (Lipinski definition) is 2. The molecule has 3 rings (SSSR count). The minimum atomic E-state index is -1.03. The first-order chi connectivity index (χ1) is 9.56. The zero-order chi connectivity index (χ0) is 14.3. The van der Waals surface area contributed by atoms with E-state index in [0.29, 0.717) is 10.1 Å². The highest BCUT2D eigenvalue weighted by atomic mass is 32.1. The van der Waals surface area contributed by atoms with Crippen LogP contribution >= 0.6 is 11.5 Å². The molecule has 2 N–H and O–H groups in total. The molecule has 1 fully saturated rings. The van der Waals surface area contributed by atoms with Gasteiger partial charge in [-0.3, -0.25) is 0 Å². The van der Waals surface area contributed by atoms with E-state index in [1.807, 2.05) is 0 Å². The Morgan fingerprint density at radius 2 is 2.00 bits per heavy atom. The van der Waals surface area contributed by atoms with E-state index in [2.05, 4.69) is 21.2 Å². The van der Waals surface area contributed by atoms with Gasteiger partial charge in [0.15, 0.2) is 5.69 Å². The van der Waals surface area contributed by atoms with Crippen LogP contribution in [0, 0.1) is 0 Å². The molecule has 20 heavy (non-hydrogen) atoms. The van der Waals surface area contributed by atoms with Gasteiger partial charge in [-0.2, -0.15) is 4.37 Å². The molecule has 0 amide bonds. The molecule has 7 heteroatoms. The average molecular weight is 293 g/mol. The third-order valence-corrected chi connectivity index (χ3v) is 4.38. The molecule has 6 nitrogen and oxygen atoms in total. The van der Waals surface area contributed by atoms with Crippen molar-refractivity contribution in [3.05, 3.63) is 17.8 Å². The number of aromatic nitrogens is 1. The maximum atomic E-state index is 11.3. The number of piperazine rings is 1. The van der Waals surface area contributed by atoms with Gasteiger partial charge in [-0.15, -0.1) is 0 Å². The molecule has 1 aromatic carbocycles. The van der Waals surface area contributed by atoms with Crippen LogP contribution in [0.2, 0.25) is 0 Å².